The molecule has 20 heavy (non-hydrogen) atoms. The topological polar surface area (TPSA) is 52.9 Å². The Hall–Kier alpha value is -1.10. The zero-order chi connectivity index (χ0) is 14.9. The Kier molecular flexibility index (Phi) is 4.37. The number of aliphatic hydroxyl groups is 2. The predicted octanol–water partition coefficient (Wildman–Crippen LogP) is 1.60. The summed E-state index contributed by atoms with van der Waals surface area (Å²) in [5.74, 6) is 0.497. The van der Waals surface area contributed by atoms with Crippen LogP contribution in [0.25, 0.3) is 0 Å². The van der Waals surface area contributed by atoms with Crippen LogP contribution in [0.4, 0.5) is 0 Å². The van der Waals surface area contributed by atoms with Gasteiger partial charge in [-0.3, -0.25) is 0 Å². The van der Waals surface area contributed by atoms with Gasteiger partial charge >= 0.3 is 0 Å². The summed E-state index contributed by atoms with van der Waals surface area (Å²) in [5.41, 5.74) is -0.266. The molecule has 0 amide bonds. The zero-order valence-electron chi connectivity index (χ0n) is 12.7. The largest absolute Gasteiger partial charge is 0.497 e. The maximum absolute atomic E-state index is 11.4. The van der Waals surface area contributed by atoms with E-state index in [0.717, 1.165) is 24.2 Å². The Bertz CT molecular complexity index is 463. The second-order valence-corrected chi connectivity index (χ2v) is 5.97. The van der Waals surface area contributed by atoms with Crippen LogP contribution in [0, 0.1) is 5.92 Å². The Morgan fingerprint density at radius 2 is 2.00 bits per heavy atom. The minimum absolute atomic E-state index is 0.0204. The van der Waals surface area contributed by atoms with Gasteiger partial charge in [0.2, 0.25) is 0 Å². The first-order valence-corrected chi connectivity index (χ1v) is 7.12. The van der Waals surface area contributed by atoms with Gasteiger partial charge in [-0.05, 0) is 44.6 Å². The molecule has 0 bridgehead atoms. The van der Waals surface area contributed by atoms with Gasteiger partial charge in [0.15, 0.2) is 0 Å². The molecule has 1 aliphatic rings. The molecule has 1 aromatic rings. The average molecular weight is 279 g/mol. The second kappa shape index (κ2) is 5.72. The van der Waals surface area contributed by atoms with Gasteiger partial charge in [-0.15, -0.1) is 0 Å². The number of aliphatic hydroxyl groups excluding tert-OH is 1. The smallest absolute Gasteiger partial charge is 0.119 e. The van der Waals surface area contributed by atoms with E-state index in [4.69, 9.17) is 4.74 Å². The molecule has 0 aromatic heterocycles. The molecule has 4 nitrogen and oxygen atoms in total. The van der Waals surface area contributed by atoms with Crippen molar-refractivity contribution < 1.29 is 14.9 Å². The van der Waals surface area contributed by atoms with Crippen LogP contribution in [-0.4, -0.2) is 48.5 Å². The molecule has 0 saturated heterocycles. The quantitative estimate of drug-likeness (QED) is 0.882. The lowest BCUT2D eigenvalue weighted by Crippen LogP contribution is -2.58. The van der Waals surface area contributed by atoms with Crippen LogP contribution in [0.2, 0.25) is 0 Å². The summed E-state index contributed by atoms with van der Waals surface area (Å²) in [4.78, 5) is 2.04. The lowest BCUT2D eigenvalue weighted by atomic mass is 9.67. The molecule has 4 unspecified atom stereocenters. The van der Waals surface area contributed by atoms with Crippen LogP contribution in [-0.2, 0) is 5.60 Å². The molecule has 4 atom stereocenters. The van der Waals surface area contributed by atoms with Crippen LogP contribution in [0.3, 0.4) is 0 Å². The third-order valence-corrected chi connectivity index (χ3v) is 4.67. The number of ether oxygens (including phenoxy) is 1. The number of hydrogen-bond acceptors (Lipinski definition) is 4. The van der Waals surface area contributed by atoms with Gasteiger partial charge in [0.25, 0.3) is 0 Å². The first-order chi connectivity index (χ1) is 9.41. The van der Waals surface area contributed by atoms with E-state index >= 15 is 0 Å². The molecule has 4 heteroatoms. The summed E-state index contributed by atoms with van der Waals surface area (Å²) in [6.07, 6.45) is 1.00. The summed E-state index contributed by atoms with van der Waals surface area (Å²) >= 11 is 0. The van der Waals surface area contributed by atoms with E-state index < -0.39 is 11.7 Å². The standard InChI is InChI=1S/C16H25NO3/c1-11-14(18)8-9-15(17(2)3)16(11,19)12-6-5-7-13(10-12)20-4/h5-7,10-11,14-15,18-19H,8-9H2,1-4H3. The Morgan fingerprint density at radius 1 is 1.30 bits per heavy atom. The maximum atomic E-state index is 11.4. The van der Waals surface area contributed by atoms with E-state index in [2.05, 4.69) is 0 Å². The first-order valence-electron chi connectivity index (χ1n) is 7.12. The molecular weight excluding hydrogens is 254 g/mol. The van der Waals surface area contributed by atoms with E-state index in [1.807, 2.05) is 50.2 Å². The fraction of sp³-hybridized carbons (Fsp3) is 0.625. The van der Waals surface area contributed by atoms with Crippen LogP contribution in [0.1, 0.15) is 25.3 Å². The molecule has 112 valence electrons. The van der Waals surface area contributed by atoms with Gasteiger partial charge in [0.05, 0.1) is 13.2 Å². The van der Waals surface area contributed by atoms with Crippen molar-refractivity contribution in [1.82, 2.24) is 4.90 Å². The molecule has 1 fully saturated rings. The summed E-state index contributed by atoms with van der Waals surface area (Å²) in [7, 11) is 5.56. The van der Waals surface area contributed by atoms with E-state index in [1.54, 1.807) is 7.11 Å². The highest BCUT2D eigenvalue weighted by Gasteiger charge is 2.50. The lowest BCUT2D eigenvalue weighted by molar-refractivity contribution is -0.145. The van der Waals surface area contributed by atoms with Crippen molar-refractivity contribution >= 4 is 0 Å². The summed E-state index contributed by atoms with van der Waals surface area (Å²) < 4.78 is 5.26. The van der Waals surface area contributed by atoms with Crippen molar-refractivity contribution in [3.63, 3.8) is 0 Å². The SMILES string of the molecule is COc1cccc(C2(O)C(C)C(O)CCC2N(C)C)c1. The van der Waals surface area contributed by atoms with Gasteiger partial charge in [-0.1, -0.05) is 19.1 Å². The minimum atomic E-state index is -1.07. The van der Waals surface area contributed by atoms with Gasteiger partial charge in [-0.25, -0.2) is 0 Å². The lowest BCUT2D eigenvalue weighted by Gasteiger charge is -2.49. The van der Waals surface area contributed by atoms with Crippen LogP contribution < -0.4 is 4.74 Å². The highest BCUT2D eigenvalue weighted by Crippen LogP contribution is 2.44. The monoisotopic (exact) mass is 279 g/mol. The fourth-order valence-corrected chi connectivity index (χ4v) is 3.37. The van der Waals surface area contributed by atoms with E-state index in [-0.39, 0.29) is 12.0 Å². The summed E-state index contributed by atoms with van der Waals surface area (Å²) in [5, 5.41) is 21.6. The van der Waals surface area contributed by atoms with Gasteiger partial charge in [-0.2, -0.15) is 0 Å². The molecule has 0 radical (unpaired) electrons. The normalized spacial score (nSPS) is 34.2. The average Bonchev–Trinajstić information content (AvgIpc) is 2.44. The molecular formula is C16H25NO3. The minimum Gasteiger partial charge on any atom is -0.497 e. The number of hydrogen-bond donors (Lipinski definition) is 2. The highest BCUT2D eigenvalue weighted by molar-refractivity contribution is 5.34. The zero-order valence-corrected chi connectivity index (χ0v) is 12.7. The Balaban J connectivity index is 2.49. The fourth-order valence-electron chi connectivity index (χ4n) is 3.37. The van der Waals surface area contributed by atoms with Crippen molar-refractivity contribution in [3.8, 4) is 5.75 Å². The van der Waals surface area contributed by atoms with Crippen LogP contribution in [0.5, 0.6) is 5.75 Å². The molecule has 0 heterocycles. The van der Waals surface area contributed by atoms with Crippen molar-refractivity contribution in [1.29, 1.82) is 0 Å². The van der Waals surface area contributed by atoms with Crippen molar-refractivity contribution in [2.24, 2.45) is 5.92 Å². The van der Waals surface area contributed by atoms with Crippen molar-refractivity contribution in [3.05, 3.63) is 29.8 Å². The molecule has 0 spiro atoms. The second-order valence-electron chi connectivity index (χ2n) is 5.97. The van der Waals surface area contributed by atoms with E-state index in [0.29, 0.717) is 0 Å². The van der Waals surface area contributed by atoms with Crippen LogP contribution >= 0.6 is 0 Å². The van der Waals surface area contributed by atoms with Crippen molar-refractivity contribution in [2.45, 2.75) is 37.5 Å². The van der Waals surface area contributed by atoms with E-state index in [1.165, 1.54) is 0 Å². The molecule has 1 saturated carbocycles. The molecule has 2 rings (SSSR count). The van der Waals surface area contributed by atoms with Gasteiger partial charge in [0, 0.05) is 12.0 Å². The third kappa shape index (κ3) is 2.43. The third-order valence-electron chi connectivity index (χ3n) is 4.67. The van der Waals surface area contributed by atoms with Crippen molar-refractivity contribution in [2.75, 3.05) is 21.2 Å². The summed E-state index contributed by atoms with van der Waals surface area (Å²) in [6, 6.07) is 7.50. The Morgan fingerprint density at radius 3 is 2.60 bits per heavy atom. The van der Waals surface area contributed by atoms with Gasteiger partial charge in [0.1, 0.15) is 11.4 Å². The predicted molar refractivity (Wildman–Crippen MR) is 78.8 cm³/mol. The molecule has 1 aliphatic carbocycles. The first kappa shape index (κ1) is 15.3. The number of nitrogens with zero attached hydrogens (tertiary/aromatic N) is 1. The molecule has 2 N–H and O–H groups in total. The maximum Gasteiger partial charge on any atom is 0.119 e. The molecule has 1 aromatic carbocycles. The number of benzene rings is 1. The number of rotatable bonds is 3. The van der Waals surface area contributed by atoms with E-state index in [9.17, 15) is 10.2 Å². The van der Waals surface area contributed by atoms with Gasteiger partial charge < -0.3 is 19.8 Å². The highest BCUT2D eigenvalue weighted by atomic mass is 16.5. The Labute approximate surface area is 121 Å². The number of likely N-dealkylation sites (N-methyl/N-ethyl adjacent to an activating group) is 1. The van der Waals surface area contributed by atoms with Crippen LogP contribution in [0.15, 0.2) is 24.3 Å². The summed E-state index contributed by atoms with van der Waals surface area (Å²) in [6.45, 7) is 1.92. The number of methoxy groups -OCH3 is 1. The molecule has 0 aliphatic heterocycles.